The number of fused-ring (bicyclic) bond motifs is 1. The van der Waals surface area contributed by atoms with Gasteiger partial charge in [-0.1, -0.05) is 104 Å². The standard InChI is InChI=1S/C35H52S2/c1-34(2,3)30-20-26-19-27-21-31(35(4,5)6)23-29-25-37-18-14-12-10-8-7-9-11-13-17-36-24-28(22-30)32(26)15-16-33(27)29/h20-23H,7-19,24-25H2,1-6H3. The van der Waals surface area contributed by atoms with E-state index in [1.54, 1.807) is 33.4 Å². The van der Waals surface area contributed by atoms with Crippen molar-refractivity contribution in [1.29, 1.82) is 0 Å². The molecule has 0 spiro atoms. The Hall–Kier alpha value is -0.860. The lowest BCUT2D eigenvalue weighted by Crippen LogP contribution is -2.14. The first kappa shape index (κ1) is 29.1. The molecule has 1 aliphatic heterocycles. The first-order valence-electron chi connectivity index (χ1n) is 15.1. The van der Waals surface area contributed by atoms with Crippen molar-refractivity contribution in [2.75, 3.05) is 11.5 Å². The van der Waals surface area contributed by atoms with Crippen molar-refractivity contribution in [3.8, 4) is 0 Å². The van der Waals surface area contributed by atoms with Crippen LogP contribution >= 0.6 is 23.5 Å². The molecule has 0 N–H and O–H groups in total. The van der Waals surface area contributed by atoms with Crippen molar-refractivity contribution in [2.24, 2.45) is 0 Å². The van der Waals surface area contributed by atoms with Crippen molar-refractivity contribution in [1.82, 2.24) is 0 Å². The molecule has 0 amide bonds. The molecule has 0 radical (unpaired) electrons. The molecular weight excluding hydrogens is 485 g/mol. The summed E-state index contributed by atoms with van der Waals surface area (Å²) in [6.07, 6.45) is 14.8. The minimum Gasteiger partial charge on any atom is -0.157 e. The predicted octanol–water partition coefficient (Wildman–Crippen LogP) is 10.6. The third kappa shape index (κ3) is 8.07. The van der Waals surface area contributed by atoms with Crippen LogP contribution in [0.2, 0.25) is 0 Å². The molecule has 4 rings (SSSR count). The van der Waals surface area contributed by atoms with Gasteiger partial charge in [-0.3, -0.25) is 0 Å². The molecule has 0 saturated carbocycles. The first-order valence-corrected chi connectivity index (χ1v) is 17.4. The van der Waals surface area contributed by atoms with E-state index in [4.69, 9.17) is 0 Å². The second kappa shape index (κ2) is 13.0. The molecule has 204 valence electrons. The Bertz CT molecular complexity index is 951. The summed E-state index contributed by atoms with van der Waals surface area (Å²) < 4.78 is 0. The summed E-state index contributed by atoms with van der Waals surface area (Å²) in [4.78, 5) is 0. The van der Waals surface area contributed by atoms with Crippen LogP contribution in [0, 0.1) is 0 Å². The molecule has 0 aromatic heterocycles. The Kier molecular flexibility index (Phi) is 10.2. The average molecular weight is 537 g/mol. The summed E-state index contributed by atoms with van der Waals surface area (Å²) in [6.45, 7) is 14.3. The van der Waals surface area contributed by atoms with Crippen LogP contribution in [0.4, 0.5) is 0 Å². The van der Waals surface area contributed by atoms with Crippen LogP contribution in [-0.2, 0) is 41.6 Å². The zero-order valence-corrected chi connectivity index (χ0v) is 26.4. The number of hydrogen-bond donors (Lipinski definition) is 0. The zero-order valence-electron chi connectivity index (χ0n) is 24.7. The number of benzene rings is 2. The minimum absolute atomic E-state index is 0.185. The minimum atomic E-state index is 0.185. The second-order valence-electron chi connectivity index (χ2n) is 13.7. The Morgan fingerprint density at radius 3 is 1.22 bits per heavy atom. The molecule has 1 aliphatic carbocycles. The lowest BCUT2D eigenvalue weighted by molar-refractivity contribution is 0.587. The quantitative estimate of drug-likeness (QED) is 0.328. The highest BCUT2D eigenvalue weighted by atomic mass is 32.2. The van der Waals surface area contributed by atoms with E-state index in [0.29, 0.717) is 0 Å². The van der Waals surface area contributed by atoms with Gasteiger partial charge in [0.2, 0.25) is 0 Å². The molecule has 0 fully saturated rings. The van der Waals surface area contributed by atoms with Crippen LogP contribution in [0.5, 0.6) is 0 Å². The van der Waals surface area contributed by atoms with Gasteiger partial charge in [-0.05, 0) is 98.9 Å². The largest absolute Gasteiger partial charge is 0.157 e. The van der Waals surface area contributed by atoms with Gasteiger partial charge in [0.1, 0.15) is 0 Å². The molecule has 0 unspecified atom stereocenters. The molecule has 0 saturated heterocycles. The van der Waals surface area contributed by atoms with Gasteiger partial charge in [-0.25, -0.2) is 0 Å². The Morgan fingerprint density at radius 2 is 0.838 bits per heavy atom. The van der Waals surface area contributed by atoms with Crippen molar-refractivity contribution in [2.45, 2.75) is 135 Å². The van der Waals surface area contributed by atoms with E-state index in [9.17, 15) is 0 Å². The van der Waals surface area contributed by atoms with Crippen LogP contribution in [-0.4, -0.2) is 11.5 Å². The Morgan fingerprint density at radius 1 is 0.486 bits per heavy atom. The van der Waals surface area contributed by atoms with Crippen LogP contribution in [0.1, 0.15) is 137 Å². The topological polar surface area (TPSA) is 0 Å². The first-order chi connectivity index (χ1) is 17.6. The Labute approximate surface area is 237 Å². The van der Waals surface area contributed by atoms with Crippen molar-refractivity contribution in [3.05, 3.63) is 68.8 Å². The third-order valence-corrected chi connectivity index (χ3v) is 10.6. The smallest absolute Gasteiger partial charge is 0.0187 e. The summed E-state index contributed by atoms with van der Waals surface area (Å²) in [7, 11) is 0. The highest BCUT2D eigenvalue weighted by Gasteiger charge is 2.25. The normalized spacial score (nSPS) is 18.9. The highest BCUT2D eigenvalue weighted by Crippen LogP contribution is 2.37. The SMILES string of the molecule is CC(C)(C)c1cc2c3c(c1)Cc1cc(C(C)(C)C)cc(c1CC3)CSCCCCCCCCCCSC2. The lowest BCUT2D eigenvalue weighted by atomic mass is 9.81. The fourth-order valence-corrected chi connectivity index (χ4v) is 8.02. The molecule has 0 atom stereocenters. The fourth-order valence-electron chi connectivity index (χ4n) is 5.96. The van der Waals surface area contributed by atoms with E-state index in [-0.39, 0.29) is 10.8 Å². The van der Waals surface area contributed by atoms with E-state index < -0.39 is 0 Å². The highest BCUT2D eigenvalue weighted by molar-refractivity contribution is 7.98. The summed E-state index contributed by atoms with van der Waals surface area (Å²) >= 11 is 4.36. The molecule has 1 heterocycles. The van der Waals surface area contributed by atoms with E-state index in [0.717, 1.165) is 6.42 Å². The zero-order chi connectivity index (χ0) is 26.5. The van der Waals surface area contributed by atoms with Crippen LogP contribution < -0.4 is 0 Å². The molecule has 2 aromatic carbocycles. The van der Waals surface area contributed by atoms with Gasteiger partial charge >= 0.3 is 0 Å². The van der Waals surface area contributed by atoms with Gasteiger partial charge in [-0.15, -0.1) is 0 Å². The number of thioether (sulfide) groups is 2. The van der Waals surface area contributed by atoms with Crippen molar-refractivity contribution < 1.29 is 0 Å². The van der Waals surface area contributed by atoms with Gasteiger partial charge in [0.25, 0.3) is 0 Å². The van der Waals surface area contributed by atoms with Gasteiger partial charge in [-0.2, -0.15) is 23.5 Å². The predicted molar refractivity (Wildman–Crippen MR) is 170 cm³/mol. The van der Waals surface area contributed by atoms with E-state index in [1.807, 2.05) is 0 Å². The molecule has 0 nitrogen and oxygen atoms in total. The molecule has 2 aromatic rings. The summed E-state index contributed by atoms with van der Waals surface area (Å²) in [5, 5.41) is 0. The van der Waals surface area contributed by atoms with Crippen LogP contribution in [0.25, 0.3) is 0 Å². The lowest BCUT2D eigenvalue weighted by Gasteiger charge is -2.24. The van der Waals surface area contributed by atoms with E-state index >= 15 is 0 Å². The maximum absolute atomic E-state index is 2.58. The fraction of sp³-hybridized carbons (Fsp3) is 0.657. The number of hydrogen-bond acceptors (Lipinski definition) is 2. The van der Waals surface area contributed by atoms with Crippen molar-refractivity contribution in [3.63, 3.8) is 0 Å². The summed E-state index contributed by atoms with van der Waals surface area (Å²) in [5.74, 6) is 4.98. The second-order valence-corrected chi connectivity index (χ2v) is 15.9. The average Bonchev–Trinajstić information content (AvgIpc) is 3.01. The van der Waals surface area contributed by atoms with Crippen LogP contribution in [0.15, 0.2) is 24.3 Å². The molecule has 2 bridgehead atoms. The van der Waals surface area contributed by atoms with Gasteiger partial charge in [0.05, 0.1) is 0 Å². The number of rotatable bonds is 0. The molecule has 2 aliphatic rings. The van der Waals surface area contributed by atoms with Crippen LogP contribution in [0.3, 0.4) is 0 Å². The summed E-state index contributed by atoms with van der Waals surface area (Å²) in [6, 6.07) is 10.3. The molecule has 37 heavy (non-hydrogen) atoms. The Balaban J connectivity index is 1.72. The van der Waals surface area contributed by atoms with Gasteiger partial charge in [0.15, 0.2) is 0 Å². The van der Waals surface area contributed by atoms with Gasteiger partial charge < -0.3 is 0 Å². The molecule has 2 heteroatoms. The van der Waals surface area contributed by atoms with Gasteiger partial charge in [0, 0.05) is 11.5 Å². The monoisotopic (exact) mass is 536 g/mol. The third-order valence-electron chi connectivity index (χ3n) is 8.45. The van der Waals surface area contributed by atoms with Crippen molar-refractivity contribution >= 4 is 23.5 Å². The maximum Gasteiger partial charge on any atom is 0.0187 e. The van der Waals surface area contributed by atoms with E-state index in [2.05, 4.69) is 89.3 Å². The maximum atomic E-state index is 2.58. The summed E-state index contributed by atoms with van der Waals surface area (Å²) in [5.41, 5.74) is 13.2. The molecular formula is C35H52S2. The van der Waals surface area contributed by atoms with E-state index in [1.165, 1.54) is 98.3 Å².